The molecule has 3 aromatic rings. The van der Waals surface area contributed by atoms with Crippen LogP contribution in [0.4, 0.5) is 16.6 Å². The Morgan fingerprint density at radius 1 is 1.14 bits per heavy atom. The van der Waals surface area contributed by atoms with Crippen LogP contribution in [0.1, 0.15) is 24.1 Å². The molecule has 0 saturated carbocycles. The number of hydrogen-bond donors (Lipinski definition) is 4. The van der Waals surface area contributed by atoms with Crippen molar-refractivity contribution in [1.82, 2.24) is 35.8 Å². The summed E-state index contributed by atoms with van der Waals surface area (Å²) in [7, 11) is 0. The fourth-order valence-corrected chi connectivity index (χ4v) is 4.83. The molecule has 0 aromatic carbocycles. The van der Waals surface area contributed by atoms with Crippen LogP contribution >= 0.6 is 11.8 Å². The Morgan fingerprint density at radius 2 is 2.00 bits per heavy atom. The predicted octanol–water partition coefficient (Wildman–Crippen LogP) is 2.17. The second-order valence-corrected chi connectivity index (χ2v) is 9.42. The fourth-order valence-electron chi connectivity index (χ4n) is 4.16. The topological polar surface area (TPSA) is 155 Å². The lowest BCUT2D eigenvalue weighted by atomic mass is 9.97. The number of carbonyl (C=O) groups excluding carboxylic acids is 2. The summed E-state index contributed by atoms with van der Waals surface area (Å²) in [6.07, 6.45) is 7.03. The van der Waals surface area contributed by atoms with Gasteiger partial charge in [0.2, 0.25) is 5.95 Å². The largest absolute Gasteiger partial charge is 0.384 e. The van der Waals surface area contributed by atoms with Crippen molar-refractivity contribution in [3.63, 3.8) is 0 Å². The van der Waals surface area contributed by atoms with Crippen LogP contribution < -0.4 is 21.3 Å². The Morgan fingerprint density at radius 3 is 2.74 bits per heavy atom. The highest BCUT2D eigenvalue weighted by Crippen LogP contribution is 2.26. The van der Waals surface area contributed by atoms with E-state index in [1.807, 2.05) is 18.2 Å². The van der Waals surface area contributed by atoms with Gasteiger partial charge in [-0.3, -0.25) is 20.0 Å². The van der Waals surface area contributed by atoms with Gasteiger partial charge in [-0.05, 0) is 66.9 Å². The van der Waals surface area contributed by atoms with E-state index in [9.17, 15) is 9.59 Å². The molecule has 2 amide bonds. The number of piperidine rings is 1. The van der Waals surface area contributed by atoms with Gasteiger partial charge in [-0.25, -0.2) is 15.0 Å². The van der Waals surface area contributed by atoms with Crippen LogP contribution in [0.2, 0.25) is 0 Å². The number of pyridine rings is 1. The molecule has 5 N–H and O–H groups in total. The first-order valence-electron chi connectivity index (χ1n) is 11.3. The highest BCUT2D eigenvalue weighted by Gasteiger charge is 2.26. The standard InChI is InChI=1S/C23H25N9O2S/c24-19-2-1-15(20(29-19)17-4-8-27-31-17)13-25-12-14-5-9-32(10-6-14)22-26-7-3-16(28-22)11-18-21(33)30-23(34)35-18/h1-4,7-8,11,14,25H,5-6,9-10,12-13H2,(H2,24,29)(H,27,31)(H,30,33,34)/b18-11-. The summed E-state index contributed by atoms with van der Waals surface area (Å²) < 4.78 is 0. The van der Waals surface area contributed by atoms with Gasteiger partial charge in [-0.15, -0.1) is 0 Å². The molecule has 2 aliphatic heterocycles. The minimum absolute atomic E-state index is 0.344. The number of hydrogen-bond acceptors (Lipinski definition) is 10. The molecule has 0 spiro atoms. The van der Waals surface area contributed by atoms with Crippen LogP contribution in [0, 0.1) is 5.92 Å². The second kappa shape index (κ2) is 10.2. The van der Waals surface area contributed by atoms with Crippen molar-refractivity contribution >= 4 is 40.8 Å². The lowest BCUT2D eigenvalue weighted by Gasteiger charge is -2.32. The van der Waals surface area contributed by atoms with Gasteiger partial charge in [-0.1, -0.05) is 6.07 Å². The number of amides is 2. The van der Waals surface area contributed by atoms with Gasteiger partial charge in [0.15, 0.2) is 0 Å². The molecule has 2 fully saturated rings. The fraction of sp³-hybridized carbons (Fsp3) is 0.304. The van der Waals surface area contributed by atoms with E-state index in [0.29, 0.717) is 34.8 Å². The van der Waals surface area contributed by atoms with Crippen LogP contribution in [0.25, 0.3) is 17.5 Å². The number of aromatic amines is 1. The first kappa shape index (κ1) is 23.0. The molecule has 5 rings (SSSR count). The number of anilines is 2. The number of aromatic nitrogens is 5. The first-order valence-corrected chi connectivity index (χ1v) is 12.2. The normalized spacial score (nSPS) is 17.8. The first-order chi connectivity index (χ1) is 17.0. The van der Waals surface area contributed by atoms with E-state index in [2.05, 4.69) is 40.7 Å². The predicted molar refractivity (Wildman–Crippen MR) is 134 cm³/mol. The highest BCUT2D eigenvalue weighted by molar-refractivity contribution is 8.18. The van der Waals surface area contributed by atoms with Gasteiger partial charge in [0.25, 0.3) is 11.1 Å². The average molecular weight is 492 g/mol. The number of imide groups is 1. The van der Waals surface area contributed by atoms with Gasteiger partial charge < -0.3 is 16.0 Å². The minimum Gasteiger partial charge on any atom is -0.384 e. The molecule has 0 bridgehead atoms. The third-order valence-electron chi connectivity index (χ3n) is 5.99. The lowest BCUT2D eigenvalue weighted by Crippen LogP contribution is -2.38. The Bertz CT molecular complexity index is 1250. The van der Waals surface area contributed by atoms with E-state index < -0.39 is 0 Å². The van der Waals surface area contributed by atoms with Crippen molar-refractivity contribution in [3.05, 3.63) is 52.8 Å². The van der Waals surface area contributed by atoms with Crippen molar-refractivity contribution in [2.24, 2.45) is 5.92 Å². The van der Waals surface area contributed by atoms with E-state index in [-0.39, 0.29) is 11.1 Å². The van der Waals surface area contributed by atoms with Crippen molar-refractivity contribution < 1.29 is 9.59 Å². The second-order valence-electron chi connectivity index (χ2n) is 8.41. The Balaban J connectivity index is 1.14. The van der Waals surface area contributed by atoms with Crippen molar-refractivity contribution in [3.8, 4) is 11.4 Å². The zero-order valence-corrected chi connectivity index (χ0v) is 19.7. The monoisotopic (exact) mass is 491 g/mol. The molecule has 0 radical (unpaired) electrons. The van der Waals surface area contributed by atoms with Gasteiger partial charge >= 0.3 is 0 Å². The number of thioether (sulfide) groups is 1. The third-order valence-corrected chi connectivity index (χ3v) is 6.80. The van der Waals surface area contributed by atoms with Gasteiger partial charge in [0.05, 0.1) is 22.0 Å². The molecule has 12 heteroatoms. The van der Waals surface area contributed by atoms with Crippen molar-refractivity contribution in [1.29, 1.82) is 0 Å². The molecular weight excluding hydrogens is 466 g/mol. The zero-order valence-electron chi connectivity index (χ0n) is 18.9. The van der Waals surface area contributed by atoms with E-state index in [1.165, 1.54) is 0 Å². The van der Waals surface area contributed by atoms with E-state index in [1.54, 1.807) is 24.5 Å². The van der Waals surface area contributed by atoms with Crippen LogP contribution in [-0.4, -0.2) is 55.9 Å². The molecular formula is C23H25N9O2S. The highest BCUT2D eigenvalue weighted by atomic mass is 32.2. The molecule has 2 aliphatic rings. The summed E-state index contributed by atoms with van der Waals surface area (Å²) in [5, 5.41) is 12.4. The van der Waals surface area contributed by atoms with E-state index in [0.717, 1.165) is 61.2 Å². The number of H-pyrrole nitrogens is 1. The maximum atomic E-state index is 11.8. The van der Waals surface area contributed by atoms with E-state index in [4.69, 9.17) is 5.73 Å². The van der Waals surface area contributed by atoms with Crippen LogP contribution in [-0.2, 0) is 11.3 Å². The number of rotatable bonds is 7. The van der Waals surface area contributed by atoms with Crippen LogP contribution in [0.3, 0.4) is 0 Å². The summed E-state index contributed by atoms with van der Waals surface area (Å²) in [4.78, 5) is 39.1. The summed E-state index contributed by atoms with van der Waals surface area (Å²) in [5.41, 5.74) is 9.22. The van der Waals surface area contributed by atoms with Gasteiger partial charge in [-0.2, -0.15) is 5.10 Å². The molecule has 5 heterocycles. The lowest BCUT2D eigenvalue weighted by molar-refractivity contribution is -0.115. The Hall–Kier alpha value is -3.77. The van der Waals surface area contributed by atoms with Crippen molar-refractivity contribution in [2.75, 3.05) is 30.3 Å². The summed E-state index contributed by atoms with van der Waals surface area (Å²) in [5.74, 6) is 1.27. The zero-order chi connectivity index (χ0) is 24.2. The van der Waals surface area contributed by atoms with Crippen LogP contribution in [0.5, 0.6) is 0 Å². The number of carbonyl (C=O) groups is 2. The Kier molecular flexibility index (Phi) is 6.73. The molecule has 11 nitrogen and oxygen atoms in total. The van der Waals surface area contributed by atoms with Gasteiger partial charge in [0.1, 0.15) is 5.82 Å². The van der Waals surface area contributed by atoms with Crippen LogP contribution in [0.15, 0.2) is 41.6 Å². The summed E-state index contributed by atoms with van der Waals surface area (Å²) in [6.45, 7) is 3.29. The van der Waals surface area contributed by atoms with Crippen molar-refractivity contribution in [2.45, 2.75) is 19.4 Å². The molecule has 0 aliphatic carbocycles. The SMILES string of the molecule is Nc1ccc(CNCC2CCN(c3nccc(/C=C4\SC(=O)NC4=O)n3)CC2)c(-c2ccn[nH]2)n1. The molecule has 180 valence electrons. The number of nitrogens with one attached hydrogen (secondary N) is 3. The van der Waals surface area contributed by atoms with Gasteiger partial charge in [0, 0.05) is 32.0 Å². The van der Waals surface area contributed by atoms with E-state index >= 15 is 0 Å². The number of nitrogens with zero attached hydrogens (tertiary/aromatic N) is 5. The number of nitrogen functional groups attached to an aromatic ring is 1. The molecule has 0 atom stereocenters. The smallest absolute Gasteiger partial charge is 0.290 e. The maximum absolute atomic E-state index is 11.8. The molecule has 3 aromatic heterocycles. The maximum Gasteiger partial charge on any atom is 0.290 e. The number of nitrogens with two attached hydrogens (primary N) is 1. The third kappa shape index (κ3) is 5.49. The quantitative estimate of drug-likeness (QED) is 0.361. The summed E-state index contributed by atoms with van der Waals surface area (Å²) in [6, 6.07) is 7.43. The minimum atomic E-state index is -0.389. The molecule has 2 saturated heterocycles. The Labute approximate surface area is 206 Å². The average Bonchev–Trinajstić information content (AvgIpc) is 3.50. The molecule has 35 heavy (non-hydrogen) atoms. The molecule has 0 unspecified atom stereocenters. The summed E-state index contributed by atoms with van der Waals surface area (Å²) >= 11 is 0.882.